The summed E-state index contributed by atoms with van der Waals surface area (Å²) in [6, 6.07) is 11.6. The SMILES string of the molecule is CCCn1c(=O)n(CCN2CCN(c3ccccc3OC)CC2)c(=O)c2cc3c(cc21)OCCCO3. The van der Waals surface area contributed by atoms with Crippen LogP contribution in [-0.4, -0.2) is 67.1 Å². The van der Waals surface area contributed by atoms with Gasteiger partial charge in [0.1, 0.15) is 5.75 Å². The zero-order valence-electron chi connectivity index (χ0n) is 21.1. The third-order valence-corrected chi connectivity index (χ3v) is 6.98. The van der Waals surface area contributed by atoms with Gasteiger partial charge >= 0.3 is 5.69 Å². The lowest BCUT2D eigenvalue weighted by molar-refractivity contribution is 0.244. The molecule has 2 aliphatic rings. The Morgan fingerprint density at radius 1 is 0.889 bits per heavy atom. The van der Waals surface area contributed by atoms with Gasteiger partial charge in [0.2, 0.25) is 0 Å². The summed E-state index contributed by atoms with van der Waals surface area (Å²) in [6.07, 6.45) is 1.56. The summed E-state index contributed by atoms with van der Waals surface area (Å²) in [5.74, 6) is 2.03. The van der Waals surface area contributed by atoms with E-state index in [0.29, 0.717) is 55.2 Å². The standard InChI is InChI=1S/C27H34N4O5/c1-3-9-30-22-19-25-24(35-16-6-17-36-25)18-20(22)26(32)31(27(30)33)15-12-28-10-13-29(14-11-28)21-7-4-5-8-23(21)34-2/h4-5,7-8,18-19H,3,6,9-17H2,1-2H3. The molecule has 9 nitrogen and oxygen atoms in total. The second kappa shape index (κ2) is 10.7. The van der Waals surface area contributed by atoms with Crippen LogP contribution in [0.15, 0.2) is 46.0 Å². The summed E-state index contributed by atoms with van der Waals surface area (Å²) in [5, 5.41) is 0.494. The topological polar surface area (TPSA) is 78.2 Å². The van der Waals surface area contributed by atoms with E-state index in [1.807, 2.05) is 25.1 Å². The van der Waals surface area contributed by atoms with Gasteiger partial charge in [-0.25, -0.2) is 4.79 Å². The average Bonchev–Trinajstić information content (AvgIpc) is 3.15. The summed E-state index contributed by atoms with van der Waals surface area (Å²) in [6.45, 7) is 8.06. The molecule has 0 aliphatic carbocycles. The Labute approximate surface area is 210 Å². The highest BCUT2D eigenvalue weighted by Crippen LogP contribution is 2.33. The number of fused-ring (bicyclic) bond motifs is 2. The van der Waals surface area contributed by atoms with Crippen molar-refractivity contribution in [2.24, 2.45) is 0 Å². The van der Waals surface area contributed by atoms with Crippen LogP contribution in [0.1, 0.15) is 19.8 Å². The Bertz CT molecular complexity index is 1340. The Morgan fingerprint density at radius 3 is 2.33 bits per heavy atom. The zero-order chi connectivity index (χ0) is 25.1. The van der Waals surface area contributed by atoms with E-state index in [1.54, 1.807) is 23.8 Å². The smallest absolute Gasteiger partial charge is 0.331 e. The number of methoxy groups -OCH3 is 1. The van der Waals surface area contributed by atoms with E-state index in [1.165, 1.54) is 4.57 Å². The highest BCUT2D eigenvalue weighted by atomic mass is 16.5. The zero-order valence-corrected chi connectivity index (χ0v) is 21.1. The molecule has 192 valence electrons. The minimum atomic E-state index is -0.273. The Hall–Kier alpha value is -3.46. The van der Waals surface area contributed by atoms with Gasteiger partial charge in [0.15, 0.2) is 11.5 Å². The van der Waals surface area contributed by atoms with Crippen molar-refractivity contribution in [2.45, 2.75) is 32.9 Å². The van der Waals surface area contributed by atoms with Crippen molar-refractivity contribution in [3.05, 3.63) is 57.2 Å². The summed E-state index contributed by atoms with van der Waals surface area (Å²) >= 11 is 0. The monoisotopic (exact) mass is 494 g/mol. The fourth-order valence-electron chi connectivity index (χ4n) is 5.06. The van der Waals surface area contributed by atoms with Crippen LogP contribution in [-0.2, 0) is 13.1 Å². The maximum atomic E-state index is 13.5. The van der Waals surface area contributed by atoms with Crippen LogP contribution in [0.5, 0.6) is 17.2 Å². The number of rotatable bonds is 7. The van der Waals surface area contributed by atoms with Gasteiger partial charge < -0.3 is 19.1 Å². The van der Waals surface area contributed by atoms with Crippen molar-refractivity contribution < 1.29 is 14.2 Å². The third kappa shape index (κ3) is 4.67. The fourth-order valence-corrected chi connectivity index (χ4v) is 5.06. The van der Waals surface area contributed by atoms with Crippen molar-refractivity contribution in [1.29, 1.82) is 0 Å². The molecular weight excluding hydrogens is 460 g/mol. The predicted octanol–water partition coefficient (Wildman–Crippen LogP) is 2.57. The van der Waals surface area contributed by atoms with E-state index in [4.69, 9.17) is 14.2 Å². The molecule has 2 aliphatic heterocycles. The van der Waals surface area contributed by atoms with Crippen molar-refractivity contribution >= 4 is 16.6 Å². The summed E-state index contributed by atoms with van der Waals surface area (Å²) in [4.78, 5) is 31.5. The molecule has 3 heterocycles. The fraction of sp³-hybridized carbons (Fsp3) is 0.481. The highest BCUT2D eigenvalue weighted by Gasteiger charge is 2.22. The number of para-hydroxylation sites is 2. The van der Waals surface area contributed by atoms with Gasteiger partial charge in [-0.15, -0.1) is 0 Å². The molecular formula is C27H34N4O5. The van der Waals surface area contributed by atoms with Crippen LogP contribution in [0.2, 0.25) is 0 Å². The molecule has 0 N–H and O–H groups in total. The molecule has 0 saturated carbocycles. The highest BCUT2D eigenvalue weighted by molar-refractivity contribution is 5.82. The summed E-state index contributed by atoms with van der Waals surface area (Å²) in [5.41, 5.74) is 1.16. The summed E-state index contributed by atoms with van der Waals surface area (Å²) in [7, 11) is 1.69. The number of aryl methyl sites for hydroxylation is 1. The molecule has 2 aromatic carbocycles. The van der Waals surface area contributed by atoms with Crippen molar-refractivity contribution in [3.63, 3.8) is 0 Å². The number of aromatic nitrogens is 2. The molecule has 0 amide bonds. The number of hydrogen-bond acceptors (Lipinski definition) is 7. The molecule has 0 unspecified atom stereocenters. The van der Waals surface area contributed by atoms with Crippen LogP contribution in [0.4, 0.5) is 5.69 Å². The van der Waals surface area contributed by atoms with E-state index >= 15 is 0 Å². The van der Waals surface area contributed by atoms with Gasteiger partial charge in [-0.1, -0.05) is 19.1 Å². The Balaban J connectivity index is 1.37. The second-order valence-electron chi connectivity index (χ2n) is 9.26. The maximum Gasteiger partial charge on any atom is 0.331 e. The molecule has 1 saturated heterocycles. The first-order valence-electron chi connectivity index (χ1n) is 12.8. The van der Waals surface area contributed by atoms with E-state index in [0.717, 1.165) is 50.5 Å². The van der Waals surface area contributed by atoms with Crippen molar-refractivity contribution in [2.75, 3.05) is 57.9 Å². The summed E-state index contributed by atoms with van der Waals surface area (Å²) < 4.78 is 20.2. The quantitative estimate of drug-likeness (QED) is 0.500. The average molecular weight is 495 g/mol. The minimum Gasteiger partial charge on any atom is -0.495 e. The molecule has 0 radical (unpaired) electrons. The van der Waals surface area contributed by atoms with Gasteiger partial charge in [0.25, 0.3) is 5.56 Å². The number of benzene rings is 2. The van der Waals surface area contributed by atoms with E-state index in [9.17, 15) is 9.59 Å². The van der Waals surface area contributed by atoms with Gasteiger partial charge in [-0.3, -0.25) is 18.8 Å². The predicted molar refractivity (Wildman–Crippen MR) is 140 cm³/mol. The Kier molecular flexibility index (Phi) is 7.18. The number of anilines is 1. The Morgan fingerprint density at radius 2 is 1.61 bits per heavy atom. The van der Waals surface area contributed by atoms with Gasteiger partial charge in [-0.05, 0) is 24.6 Å². The first kappa shape index (κ1) is 24.2. The van der Waals surface area contributed by atoms with Gasteiger partial charge in [-0.2, -0.15) is 0 Å². The maximum absolute atomic E-state index is 13.5. The van der Waals surface area contributed by atoms with Gasteiger partial charge in [0, 0.05) is 58.3 Å². The van der Waals surface area contributed by atoms with E-state index in [2.05, 4.69) is 15.9 Å². The van der Waals surface area contributed by atoms with Crippen LogP contribution in [0.3, 0.4) is 0 Å². The van der Waals surface area contributed by atoms with E-state index in [-0.39, 0.29) is 11.2 Å². The molecule has 1 fully saturated rings. The normalized spacial score (nSPS) is 16.2. The molecule has 0 spiro atoms. The number of ether oxygens (including phenoxy) is 3. The van der Waals surface area contributed by atoms with Crippen molar-refractivity contribution in [1.82, 2.24) is 14.0 Å². The lowest BCUT2D eigenvalue weighted by Gasteiger charge is -2.36. The van der Waals surface area contributed by atoms with Crippen LogP contribution < -0.4 is 30.4 Å². The molecule has 36 heavy (non-hydrogen) atoms. The van der Waals surface area contributed by atoms with Crippen LogP contribution >= 0.6 is 0 Å². The molecule has 1 aromatic heterocycles. The molecule has 3 aromatic rings. The second-order valence-corrected chi connectivity index (χ2v) is 9.26. The molecule has 9 heteroatoms. The van der Waals surface area contributed by atoms with Crippen molar-refractivity contribution in [3.8, 4) is 17.2 Å². The largest absolute Gasteiger partial charge is 0.495 e. The van der Waals surface area contributed by atoms with E-state index < -0.39 is 0 Å². The van der Waals surface area contributed by atoms with Crippen LogP contribution in [0, 0.1) is 0 Å². The first-order chi connectivity index (χ1) is 17.6. The molecule has 0 atom stereocenters. The number of hydrogen-bond donors (Lipinski definition) is 0. The first-order valence-corrected chi connectivity index (χ1v) is 12.8. The lowest BCUT2D eigenvalue weighted by Crippen LogP contribution is -2.49. The number of piperazine rings is 1. The third-order valence-electron chi connectivity index (χ3n) is 6.98. The number of nitrogens with zero attached hydrogens (tertiary/aromatic N) is 4. The minimum absolute atomic E-state index is 0.267. The molecule has 5 rings (SSSR count). The van der Waals surface area contributed by atoms with Crippen LogP contribution in [0.25, 0.3) is 10.9 Å². The van der Waals surface area contributed by atoms with Gasteiger partial charge in [0.05, 0.1) is 36.9 Å². The molecule has 0 bridgehead atoms. The lowest BCUT2D eigenvalue weighted by atomic mass is 10.2.